The molecule has 0 bridgehead atoms. The van der Waals surface area contributed by atoms with Gasteiger partial charge in [-0.3, -0.25) is 19.2 Å². The summed E-state index contributed by atoms with van der Waals surface area (Å²) in [4.78, 5) is 25.5. The molecule has 0 aliphatic heterocycles. The Bertz CT molecular complexity index is 1070. The van der Waals surface area contributed by atoms with Crippen LogP contribution in [0.3, 0.4) is 0 Å². The smallest absolute Gasteiger partial charge is 0.325 e. The molecule has 2 unspecified atom stereocenters. The molecule has 1 amide bonds. The average molecular weight is 454 g/mol. The fourth-order valence-corrected chi connectivity index (χ4v) is 5.38. The molecule has 8 nitrogen and oxygen atoms in total. The summed E-state index contributed by atoms with van der Waals surface area (Å²) in [6.07, 6.45) is 5.41. The van der Waals surface area contributed by atoms with Crippen molar-refractivity contribution in [3.63, 3.8) is 0 Å². The molecule has 1 N–H and O–H groups in total. The number of carbonyl (C=O) groups is 2. The number of benzene rings is 1. The second kappa shape index (κ2) is 8.77. The van der Waals surface area contributed by atoms with Gasteiger partial charge in [0.25, 0.3) is 0 Å². The summed E-state index contributed by atoms with van der Waals surface area (Å²) in [7, 11) is -3.43. The lowest BCUT2D eigenvalue weighted by Crippen LogP contribution is -2.42. The summed E-state index contributed by atoms with van der Waals surface area (Å²) < 4.78 is 25.0. The summed E-state index contributed by atoms with van der Waals surface area (Å²) in [6.45, 7) is 1.48. The van der Waals surface area contributed by atoms with E-state index in [9.17, 15) is 18.0 Å². The first-order valence-electron chi connectivity index (χ1n) is 9.68. The largest absolute Gasteiger partial charge is 0.480 e. The molecule has 2 atom stereocenters. The minimum atomic E-state index is -3.43. The van der Waals surface area contributed by atoms with E-state index in [4.69, 9.17) is 16.7 Å². The number of halogens is 1. The molecular weight excluding hydrogens is 430 g/mol. The number of anilines is 1. The topological polar surface area (TPSA) is 110 Å². The SMILES string of the molecule is CCC(=O)N(c1ccn(CC(=O)O)n1)C1CCCC1c1ccc(S(C)(=O)=O)c(Cl)c1. The van der Waals surface area contributed by atoms with Crippen LogP contribution in [0.25, 0.3) is 0 Å². The van der Waals surface area contributed by atoms with Gasteiger partial charge in [0.2, 0.25) is 5.91 Å². The number of hydrogen-bond acceptors (Lipinski definition) is 5. The van der Waals surface area contributed by atoms with Crippen molar-refractivity contribution in [1.29, 1.82) is 0 Å². The van der Waals surface area contributed by atoms with E-state index in [1.165, 1.54) is 10.7 Å². The van der Waals surface area contributed by atoms with Gasteiger partial charge < -0.3 is 5.11 Å². The normalized spacial score (nSPS) is 19.0. The molecule has 1 aliphatic rings. The Morgan fingerprint density at radius 3 is 2.63 bits per heavy atom. The highest BCUT2D eigenvalue weighted by Crippen LogP contribution is 2.41. The van der Waals surface area contributed by atoms with Gasteiger partial charge in [0, 0.05) is 36.9 Å². The van der Waals surface area contributed by atoms with Crippen molar-refractivity contribution in [2.24, 2.45) is 0 Å². The molecule has 0 radical (unpaired) electrons. The van der Waals surface area contributed by atoms with Gasteiger partial charge in [-0.15, -0.1) is 0 Å². The maximum atomic E-state index is 12.8. The van der Waals surface area contributed by atoms with Crippen molar-refractivity contribution < 1.29 is 23.1 Å². The number of hydrogen-bond donors (Lipinski definition) is 1. The van der Waals surface area contributed by atoms with E-state index < -0.39 is 15.8 Å². The van der Waals surface area contributed by atoms with Crippen LogP contribution in [0.4, 0.5) is 5.82 Å². The lowest BCUT2D eigenvalue weighted by atomic mass is 9.93. The van der Waals surface area contributed by atoms with E-state index in [0.717, 1.165) is 31.1 Å². The minimum absolute atomic E-state index is 0.0313. The van der Waals surface area contributed by atoms with Crippen LogP contribution >= 0.6 is 11.6 Å². The van der Waals surface area contributed by atoms with Gasteiger partial charge in [-0.1, -0.05) is 31.0 Å². The van der Waals surface area contributed by atoms with Crippen LogP contribution in [0.1, 0.15) is 44.1 Å². The molecule has 1 saturated carbocycles. The molecule has 1 heterocycles. The first kappa shape index (κ1) is 22.3. The Hall–Kier alpha value is -2.39. The quantitative estimate of drug-likeness (QED) is 0.689. The Balaban J connectivity index is 1.96. The zero-order chi connectivity index (χ0) is 22.1. The van der Waals surface area contributed by atoms with Crippen LogP contribution in [0, 0.1) is 0 Å². The Labute approximate surface area is 180 Å². The van der Waals surface area contributed by atoms with Crippen LogP contribution in [-0.4, -0.2) is 47.5 Å². The summed E-state index contributed by atoms with van der Waals surface area (Å²) in [5, 5.41) is 13.4. The van der Waals surface area contributed by atoms with Gasteiger partial charge in [0.15, 0.2) is 15.7 Å². The standard InChI is InChI=1S/C20H24ClN3O5S/c1-3-19(25)24(18-9-10-23(22-18)12-20(26)27)16-6-4-5-14(16)13-7-8-17(15(21)11-13)30(2,28)29/h7-11,14,16H,3-6,12H2,1-2H3,(H,26,27). The van der Waals surface area contributed by atoms with Crippen molar-refractivity contribution in [2.45, 2.75) is 56.0 Å². The predicted molar refractivity (Wildman–Crippen MR) is 113 cm³/mol. The van der Waals surface area contributed by atoms with Crippen LogP contribution < -0.4 is 4.90 Å². The zero-order valence-electron chi connectivity index (χ0n) is 16.8. The molecule has 2 aromatic rings. The maximum absolute atomic E-state index is 12.8. The second-order valence-electron chi connectivity index (χ2n) is 7.45. The van der Waals surface area contributed by atoms with E-state index in [2.05, 4.69) is 5.10 Å². The number of sulfone groups is 1. The Kier molecular flexibility index (Phi) is 6.52. The monoisotopic (exact) mass is 453 g/mol. The number of carboxylic acid groups (broad SMARTS) is 1. The molecule has 3 rings (SSSR count). The number of carboxylic acids is 1. The van der Waals surface area contributed by atoms with Gasteiger partial charge in [-0.25, -0.2) is 8.42 Å². The van der Waals surface area contributed by atoms with Gasteiger partial charge in [-0.2, -0.15) is 5.10 Å². The number of amides is 1. The van der Waals surface area contributed by atoms with E-state index in [-0.39, 0.29) is 40.8 Å². The third-order valence-electron chi connectivity index (χ3n) is 5.34. The third-order valence-corrected chi connectivity index (χ3v) is 6.92. The molecule has 30 heavy (non-hydrogen) atoms. The number of aromatic nitrogens is 2. The summed E-state index contributed by atoms with van der Waals surface area (Å²) in [5.41, 5.74) is 0.869. The highest BCUT2D eigenvalue weighted by Gasteiger charge is 2.37. The van der Waals surface area contributed by atoms with Crippen LogP contribution in [0.15, 0.2) is 35.4 Å². The van der Waals surface area contributed by atoms with Gasteiger partial charge >= 0.3 is 5.97 Å². The van der Waals surface area contributed by atoms with Crippen LogP contribution in [0.2, 0.25) is 5.02 Å². The second-order valence-corrected chi connectivity index (χ2v) is 9.84. The van der Waals surface area contributed by atoms with Gasteiger partial charge in [-0.05, 0) is 30.5 Å². The molecule has 0 saturated heterocycles. The first-order valence-corrected chi connectivity index (χ1v) is 12.0. The number of carbonyl (C=O) groups excluding carboxylic acids is 1. The van der Waals surface area contributed by atoms with Crippen molar-refractivity contribution in [3.05, 3.63) is 41.0 Å². The highest BCUT2D eigenvalue weighted by molar-refractivity contribution is 7.90. The fourth-order valence-electron chi connectivity index (χ4n) is 4.05. The van der Waals surface area contributed by atoms with Gasteiger partial charge in [0.1, 0.15) is 6.54 Å². The van der Waals surface area contributed by atoms with Gasteiger partial charge in [0.05, 0.1) is 9.92 Å². The third kappa shape index (κ3) is 4.67. The summed E-state index contributed by atoms with van der Waals surface area (Å²) in [5.74, 6) is -0.737. The summed E-state index contributed by atoms with van der Waals surface area (Å²) >= 11 is 6.25. The molecule has 0 spiro atoms. The minimum Gasteiger partial charge on any atom is -0.480 e. The molecule has 1 fully saturated rings. The molecule has 1 aliphatic carbocycles. The number of rotatable bonds is 7. The molecule has 162 valence electrons. The average Bonchev–Trinajstić information content (AvgIpc) is 3.30. The van der Waals surface area contributed by atoms with Crippen molar-refractivity contribution in [2.75, 3.05) is 11.2 Å². The van der Waals surface area contributed by atoms with E-state index >= 15 is 0 Å². The highest BCUT2D eigenvalue weighted by atomic mass is 35.5. The lowest BCUT2D eigenvalue weighted by Gasteiger charge is -2.32. The number of aliphatic carboxylic acids is 1. The van der Waals surface area contributed by atoms with E-state index in [1.807, 2.05) is 0 Å². The van der Waals surface area contributed by atoms with Crippen LogP contribution in [0.5, 0.6) is 0 Å². The fraction of sp³-hybridized carbons (Fsp3) is 0.450. The van der Waals surface area contributed by atoms with Crippen molar-refractivity contribution >= 4 is 39.1 Å². The van der Waals surface area contributed by atoms with Crippen molar-refractivity contribution in [3.8, 4) is 0 Å². The van der Waals surface area contributed by atoms with E-state index in [0.29, 0.717) is 5.82 Å². The molecule has 1 aromatic carbocycles. The van der Waals surface area contributed by atoms with Crippen LogP contribution in [-0.2, 0) is 26.0 Å². The maximum Gasteiger partial charge on any atom is 0.325 e. The van der Waals surface area contributed by atoms with E-state index in [1.54, 1.807) is 36.2 Å². The van der Waals surface area contributed by atoms with Crippen molar-refractivity contribution in [1.82, 2.24) is 9.78 Å². The predicted octanol–water partition coefficient (Wildman–Crippen LogP) is 3.10. The zero-order valence-corrected chi connectivity index (χ0v) is 18.4. The first-order chi connectivity index (χ1) is 14.1. The summed E-state index contributed by atoms with van der Waals surface area (Å²) in [6, 6.07) is 6.40. The molecule has 1 aromatic heterocycles. The Morgan fingerprint density at radius 1 is 1.30 bits per heavy atom. The molecular formula is C20H24ClN3O5S. The lowest BCUT2D eigenvalue weighted by molar-refractivity contribution is -0.137. The molecule has 10 heteroatoms. The number of nitrogens with zero attached hydrogens (tertiary/aromatic N) is 3. The Morgan fingerprint density at radius 2 is 2.03 bits per heavy atom.